The maximum Gasteiger partial charge on any atom is 0.0593 e. The average molecular weight is 237 g/mol. The topological polar surface area (TPSA) is 21.3 Å². The summed E-state index contributed by atoms with van der Waals surface area (Å²) in [6.07, 6.45) is 14.7. The quantitative estimate of drug-likeness (QED) is 0.756. The average Bonchev–Trinajstić information content (AvgIpc) is 2.66. The summed E-state index contributed by atoms with van der Waals surface area (Å²) >= 11 is 0. The highest BCUT2D eigenvalue weighted by Gasteiger charge is 2.21. The molecule has 1 aliphatic carbocycles. The fourth-order valence-corrected chi connectivity index (χ4v) is 3.07. The number of likely N-dealkylation sites (N-methyl/N-ethyl adjacent to an activating group) is 1. The lowest BCUT2D eigenvalue weighted by Crippen LogP contribution is -2.34. The first-order valence-corrected chi connectivity index (χ1v) is 7.38. The van der Waals surface area contributed by atoms with E-state index in [9.17, 15) is 0 Å². The zero-order valence-electron chi connectivity index (χ0n) is 11.2. The lowest BCUT2D eigenvalue weighted by atomic mass is 9.94. The van der Waals surface area contributed by atoms with Crippen molar-refractivity contribution in [1.82, 2.24) is 5.32 Å². The van der Waals surface area contributed by atoms with Gasteiger partial charge in [0.15, 0.2) is 0 Å². The van der Waals surface area contributed by atoms with E-state index in [0.717, 1.165) is 6.61 Å². The number of nitrogens with one attached hydrogen (secondary N) is 1. The summed E-state index contributed by atoms with van der Waals surface area (Å²) in [4.78, 5) is 0. The Kier molecular flexibility index (Phi) is 5.53. The number of rotatable bonds is 4. The molecule has 0 amide bonds. The fraction of sp³-hybridized carbons (Fsp3) is 0.867. The third-order valence-corrected chi connectivity index (χ3v) is 4.14. The molecular formula is C15H27NO. The Labute approximate surface area is 106 Å². The maximum atomic E-state index is 5.87. The molecule has 1 fully saturated rings. The van der Waals surface area contributed by atoms with Crippen molar-refractivity contribution in [1.29, 1.82) is 0 Å². The molecule has 2 atom stereocenters. The van der Waals surface area contributed by atoms with Crippen molar-refractivity contribution in [3.63, 3.8) is 0 Å². The molecule has 0 spiro atoms. The van der Waals surface area contributed by atoms with Gasteiger partial charge in [-0.3, -0.25) is 0 Å². The van der Waals surface area contributed by atoms with E-state index in [-0.39, 0.29) is 0 Å². The molecule has 0 aromatic carbocycles. The minimum absolute atomic E-state index is 0.491. The molecule has 0 aromatic heterocycles. The summed E-state index contributed by atoms with van der Waals surface area (Å²) in [5, 5.41) is 3.50. The Morgan fingerprint density at radius 2 is 2.24 bits per heavy atom. The molecule has 1 saturated heterocycles. The van der Waals surface area contributed by atoms with Gasteiger partial charge in [-0.15, -0.1) is 0 Å². The molecule has 0 bridgehead atoms. The van der Waals surface area contributed by atoms with E-state index < -0.39 is 0 Å². The Morgan fingerprint density at radius 3 is 3.00 bits per heavy atom. The van der Waals surface area contributed by atoms with Crippen LogP contribution in [0.4, 0.5) is 0 Å². The number of allylic oxidation sites excluding steroid dienone is 1. The van der Waals surface area contributed by atoms with Crippen LogP contribution < -0.4 is 5.32 Å². The van der Waals surface area contributed by atoms with Crippen molar-refractivity contribution in [3.8, 4) is 0 Å². The van der Waals surface area contributed by atoms with Crippen molar-refractivity contribution in [2.75, 3.05) is 13.7 Å². The Bertz CT molecular complexity index is 243. The van der Waals surface area contributed by atoms with Crippen LogP contribution in [0.5, 0.6) is 0 Å². The first-order chi connectivity index (χ1) is 8.40. The number of hydrogen-bond donors (Lipinski definition) is 1. The van der Waals surface area contributed by atoms with Crippen LogP contribution in [0, 0.1) is 0 Å². The van der Waals surface area contributed by atoms with Gasteiger partial charge in [0.25, 0.3) is 0 Å². The van der Waals surface area contributed by atoms with Crippen LogP contribution in [-0.2, 0) is 4.74 Å². The normalized spacial score (nSPS) is 28.3. The molecule has 2 rings (SSSR count). The van der Waals surface area contributed by atoms with Crippen molar-refractivity contribution in [3.05, 3.63) is 11.6 Å². The van der Waals surface area contributed by atoms with Gasteiger partial charge in [-0.2, -0.15) is 0 Å². The second-order valence-electron chi connectivity index (χ2n) is 5.44. The zero-order chi connectivity index (χ0) is 11.9. The second kappa shape index (κ2) is 7.17. The van der Waals surface area contributed by atoms with Crippen LogP contribution in [0.3, 0.4) is 0 Å². The third-order valence-electron chi connectivity index (χ3n) is 4.14. The summed E-state index contributed by atoms with van der Waals surface area (Å²) in [6.45, 7) is 0.972. The van der Waals surface area contributed by atoms with Crippen molar-refractivity contribution >= 4 is 0 Å². The molecule has 98 valence electrons. The van der Waals surface area contributed by atoms with Crippen LogP contribution >= 0.6 is 0 Å². The SMILES string of the molecule is CNC(CC1CCCCO1)C1=CCCCCC1. The summed E-state index contributed by atoms with van der Waals surface area (Å²) < 4.78 is 5.87. The minimum atomic E-state index is 0.491. The zero-order valence-corrected chi connectivity index (χ0v) is 11.2. The van der Waals surface area contributed by atoms with E-state index in [1.165, 1.54) is 57.8 Å². The summed E-state index contributed by atoms with van der Waals surface area (Å²) in [6, 6.07) is 0.552. The van der Waals surface area contributed by atoms with Gasteiger partial charge in [-0.1, -0.05) is 18.1 Å². The molecule has 2 unspecified atom stereocenters. The van der Waals surface area contributed by atoms with Gasteiger partial charge in [-0.05, 0) is 58.4 Å². The van der Waals surface area contributed by atoms with Crippen molar-refractivity contribution < 1.29 is 4.74 Å². The molecule has 2 aliphatic rings. The Hall–Kier alpha value is -0.340. The maximum absolute atomic E-state index is 5.87. The predicted octanol–water partition coefficient (Wildman–Crippen LogP) is 3.42. The first kappa shape index (κ1) is 13.1. The van der Waals surface area contributed by atoms with Gasteiger partial charge in [-0.25, -0.2) is 0 Å². The van der Waals surface area contributed by atoms with Gasteiger partial charge >= 0.3 is 0 Å². The lowest BCUT2D eigenvalue weighted by molar-refractivity contribution is 0.00747. The van der Waals surface area contributed by atoms with E-state index in [4.69, 9.17) is 4.74 Å². The van der Waals surface area contributed by atoms with E-state index >= 15 is 0 Å². The van der Waals surface area contributed by atoms with Crippen LogP contribution in [0.1, 0.15) is 57.8 Å². The largest absolute Gasteiger partial charge is 0.378 e. The van der Waals surface area contributed by atoms with Gasteiger partial charge < -0.3 is 10.1 Å². The molecule has 1 N–H and O–H groups in total. The molecule has 1 aliphatic heterocycles. The molecule has 2 heteroatoms. The standard InChI is InChI=1S/C15H27NO/c1-16-15(12-14-10-6-7-11-17-14)13-8-4-2-3-5-9-13/h8,14-16H,2-7,9-12H2,1H3. The number of hydrogen-bond acceptors (Lipinski definition) is 2. The van der Waals surface area contributed by atoms with Crippen LogP contribution in [0.15, 0.2) is 11.6 Å². The summed E-state index contributed by atoms with van der Waals surface area (Å²) in [7, 11) is 2.10. The van der Waals surface area contributed by atoms with Crippen LogP contribution in [0.2, 0.25) is 0 Å². The van der Waals surface area contributed by atoms with Crippen LogP contribution in [-0.4, -0.2) is 25.8 Å². The second-order valence-corrected chi connectivity index (χ2v) is 5.44. The molecule has 17 heavy (non-hydrogen) atoms. The van der Waals surface area contributed by atoms with E-state index in [2.05, 4.69) is 18.4 Å². The molecule has 0 aromatic rings. The van der Waals surface area contributed by atoms with Gasteiger partial charge in [0.1, 0.15) is 0 Å². The highest BCUT2D eigenvalue weighted by atomic mass is 16.5. The van der Waals surface area contributed by atoms with E-state index in [1.54, 1.807) is 5.57 Å². The third kappa shape index (κ3) is 4.11. The molecule has 0 radical (unpaired) electrons. The van der Waals surface area contributed by atoms with Crippen LogP contribution in [0.25, 0.3) is 0 Å². The van der Waals surface area contributed by atoms with Gasteiger partial charge in [0.05, 0.1) is 6.10 Å². The highest BCUT2D eigenvalue weighted by Crippen LogP contribution is 2.25. The van der Waals surface area contributed by atoms with Gasteiger partial charge in [0.2, 0.25) is 0 Å². The van der Waals surface area contributed by atoms with E-state index in [1.807, 2.05) is 0 Å². The highest BCUT2D eigenvalue weighted by molar-refractivity contribution is 5.12. The summed E-state index contributed by atoms with van der Waals surface area (Å²) in [5.74, 6) is 0. The lowest BCUT2D eigenvalue weighted by Gasteiger charge is -2.28. The monoisotopic (exact) mass is 237 g/mol. The molecule has 2 nitrogen and oxygen atoms in total. The minimum Gasteiger partial charge on any atom is -0.378 e. The first-order valence-electron chi connectivity index (χ1n) is 7.38. The van der Waals surface area contributed by atoms with E-state index in [0.29, 0.717) is 12.1 Å². The molecule has 1 heterocycles. The predicted molar refractivity (Wildman–Crippen MR) is 72.2 cm³/mol. The summed E-state index contributed by atoms with van der Waals surface area (Å²) in [5.41, 5.74) is 1.64. The smallest absolute Gasteiger partial charge is 0.0593 e. The number of ether oxygens (including phenoxy) is 1. The molecular weight excluding hydrogens is 210 g/mol. The Morgan fingerprint density at radius 1 is 1.29 bits per heavy atom. The van der Waals surface area contributed by atoms with Crippen molar-refractivity contribution in [2.24, 2.45) is 0 Å². The van der Waals surface area contributed by atoms with Gasteiger partial charge in [0, 0.05) is 12.6 Å². The Balaban J connectivity index is 1.87. The fourth-order valence-electron chi connectivity index (χ4n) is 3.07. The van der Waals surface area contributed by atoms with Crippen molar-refractivity contribution in [2.45, 2.75) is 69.9 Å². The molecule has 0 saturated carbocycles.